The van der Waals surface area contributed by atoms with E-state index in [-0.39, 0.29) is 5.54 Å². The van der Waals surface area contributed by atoms with Crippen molar-refractivity contribution in [3.63, 3.8) is 0 Å². The zero-order valence-corrected chi connectivity index (χ0v) is 13.1. The molecule has 5 nitrogen and oxygen atoms in total. The van der Waals surface area contributed by atoms with E-state index in [0.29, 0.717) is 13.2 Å². The molecule has 2 heterocycles. The monoisotopic (exact) mass is 278 g/mol. The molecule has 1 aromatic heterocycles. The predicted molar refractivity (Wildman–Crippen MR) is 80.9 cm³/mol. The van der Waals surface area contributed by atoms with Crippen molar-refractivity contribution >= 4 is 5.82 Å². The van der Waals surface area contributed by atoms with Crippen LogP contribution in [0.1, 0.15) is 44.5 Å². The number of nitrogens with zero attached hydrogens (tertiary/aromatic N) is 3. The average Bonchev–Trinajstić information content (AvgIpc) is 2.45. The zero-order valence-electron chi connectivity index (χ0n) is 13.1. The van der Waals surface area contributed by atoms with E-state index in [1.165, 1.54) is 5.56 Å². The molecule has 1 saturated heterocycles. The van der Waals surface area contributed by atoms with Gasteiger partial charge in [0.25, 0.3) is 0 Å². The second kappa shape index (κ2) is 6.06. The van der Waals surface area contributed by atoms with Gasteiger partial charge in [-0.25, -0.2) is 0 Å². The molecule has 1 aromatic rings. The van der Waals surface area contributed by atoms with Crippen molar-refractivity contribution in [1.29, 1.82) is 0 Å². The van der Waals surface area contributed by atoms with Gasteiger partial charge in [-0.05, 0) is 32.3 Å². The van der Waals surface area contributed by atoms with Crippen LogP contribution in [0.25, 0.3) is 0 Å². The molecule has 0 radical (unpaired) electrons. The highest BCUT2D eigenvalue weighted by molar-refractivity contribution is 5.53. The summed E-state index contributed by atoms with van der Waals surface area (Å²) in [6, 6.07) is 0. The molecule has 0 unspecified atom stereocenters. The Morgan fingerprint density at radius 2 is 1.95 bits per heavy atom. The number of hydrogen-bond acceptors (Lipinski definition) is 5. The lowest BCUT2D eigenvalue weighted by Crippen LogP contribution is -2.54. The number of rotatable bonds is 4. The fraction of sp³-hybridized carbons (Fsp3) is 0.733. The van der Waals surface area contributed by atoms with Gasteiger partial charge in [0.1, 0.15) is 0 Å². The van der Waals surface area contributed by atoms with E-state index < -0.39 is 0 Å². The number of aromatic nitrogens is 2. The van der Waals surface area contributed by atoms with Crippen LogP contribution in [0.3, 0.4) is 0 Å². The summed E-state index contributed by atoms with van der Waals surface area (Å²) in [5.41, 5.74) is 9.43. The maximum absolute atomic E-state index is 6.02. The lowest BCUT2D eigenvalue weighted by molar-refractivity contribution is 0.0637. The second-order valence-electron chi connectivity index (χ2n) is 5.86. The van der Waals surface area contributed by atoms with E-state index in [4.69, 9.17) is 10.5 Å². The number of aryl methyl sites for hydroxylation is 1. The number of morpholine rings is 1. The van der Waals surface area contributed by atoms with Crippen molar-refractivity contribution in [2.45, 2.75) is 52.6 Å². The highest BCUT2D eigenvalue weighted by atomic mass is 16.5. The molecule has 0 atom stereocenters. The molecule has 2 rings (SSSR count). The van der Waals surface area contributed by atoms with E-state index in [1.54, 1.807) is 0 Å². The Labute approximate surface area is 121 Å². The summed E-state index contributed by atoms with van der Waals surface area (Å²) in [5.74, 6) is 0.940. The van der Waals surface area contributed by atoms with Crippen molar-refractivity contribution in [2.75, 3.05) is 24.7 Å². The summed E-state index contributed by atoms with van der Waals surface area (Å²) in [5, 5.41) is 8.92. The van der Waals surface area contributed by atoms with Crippen LogP contribution in [0.2, 0.25) is 0 Å². The van der Waals surface area contributed by atoms with Gasteiger partial charge in [0.2, 0.25) is 0 Å². The molecule has 0 aromatic carbocycles. The fourth-order valence-electron chi connectivity index (χ4n) is 2.92. The smallest absolute Gasteiger partial charge is 0.156 e. The Morgan fingerprint density at radius 1 is 1.20 bits per heavy atom. The van der Waals surface area contributed by atoms with Gasteiger partial charge in [-0.1, -0.05) is 13.8 Å². The van der Waals surface area contributed by atoms with Gasteiger partial charge in [-0.3, -0.25) is 0 Å². The van der Waals surface area contributed by atoms with Crippen molar-refractivity contribution in [3.05, 3.63) is 16.8 Å². The summed E-state index contributed by atoms with van der Waals surface area (Å²) in [4.78, 5) is 2.30. The third kappa shape index (κ3) is 2.65. The highest BCUT2D eigenvalue weighted by Crippen LogP contribution is 2.30. The molecule has 0 amide bonds. The van der Waals surface area contributed by atoms with Gasteiger partial charge in [-0.2, -0.15) is 5.10 Å². The molecular weight excluding hydrogens is 252 g/mol. The number of hydrogen-bond donors (Lipinski definition) is 1. The molecule has 0 bridgehead atoms. The highest BCUT2D eigenvalue weighted by Gasteiger charge is 2.33. The van der Waals surface area contributed by atoms with Crippen molar-refractivity contribution in [3.8, 4) is 0 Å². The molecule has 1 aliphatic rings. The van der Waals surface area contributed by atoms with Gasteiger partial charge in [0.15, 0.2) is 5.82 Å². The van der Waals surface area contributed by atoms with Crippen molar-refractivity contribution in [2.24, 2.45) is 5.73 Å². The first-order chi connectivity index (χ1) is 9.55. The second-order valence-corrected chi connectivity index (χ2v) is 5.86. The zero-order chi connectivity index (χ0) is 14.8. The quantitative estimate of drug-likeness (QED) is 0.907. The number of nitrogens with two attached hydrogens (primary N) is 1. The minimum Gasteiger partial charge on any atom is -0.377 e. The molecule has 2 N–H and O–H groups in total. The van der Waals surface area contributed by atoms with Gasteiger partial charge in [-0.15, -0.1) is 5.10 Å². The minimum absolute atomic E-state index is 0.0738. The molecule has 0 aliphatic carbocycles. The van der Waals surface area contributed by atoms with Crippen molar-refractivity contribution < 1.29 is 4.74 Å². The van der Waals surface area contributed by atoms with E-state index in [2.05, 4.69) is 42.8 Å². The van der Waals surface area contributed by atoms with E-state index >= 15 is 0 Å². The Kier molecular flexibility index (Phi) is 4.60. The molecule has 5 heteroatoms. The van der Waals surface area contributed by atoms with Crippen LogP contribution in [-0.2, 0) is 24.1 Å². The largest absolute Gasteiger partial charge is 0.377 e. The summed E-state index contributed by atoms with van der Waals surface area (Å²) >= 11 is 0. The predicted octanol–water partition coefficient (Wildman–Crippen LogP) is 1.68. The van der Waals surface area contributed by atoms with Gasteiger partial charge in [0.05, 0.1) is 24.4 Å². The lowest BCUT2D eigenvalue weighted by atomic mass is 9.98. The minimum atomic E-state index is -0.0738. The molecule has 112 valence electrons. The van der Waals surface area contributed by atoms with Crippen LogP contribution < -0.4 is 10.6 Å². The first kappa shape index (κ1) is 15.2. The Bertz CT molecular complexity index is 473. The Morgan fingerprint density at radius 3 is 2.50 bits per heavy atom. The van der Waals surface area contributed by atoms with Crippen LogP contribution in [0.4, 0.5) is 5.82 Å². The standard InChI is InChI=1S/C15H26N4O/c1-5-11-12(9-16)14(18-17-13(11)6-2)19-7-8-20-10-15(19,3)4/h5-10,16H2,1-4H3. The Balaban J connectivity index is 2.50. The van der Waals surface area contributed by atoms with Crippen LogP contribution in [0.15, 0.2) is 0 Å². The fourth-order valence-corrected chi connectivity index (χ4v) is 2.92. The van der Waals surface area contributed by atoms with Crippen LogP contribution in [0.5, 0.6) is 0 Å². The SMILES string of the molecule is CCc1nnc(N2CCOCC2(C)C)c(CN)c1CC. The molecule has 20 heavy (non-hydrogen) atoms. The average molecular weight is 278 g/mol. The maximum atomic E-state index is 6.02. The van der Waals surface area contributed by atoms with Gasteiger partial charge in [0, 0.05) is 18.7 Å². The van der Waals surface area contributed by atoms with Gasteiger partial charge >= 0.3 is 0 Å². The lowest BCUT2D eigenvalue weighted by Gasteiger charge is -2.43. The van der Waals surface area contributed by atoms with Crippen molar-refractivity contribution in [1.82, 2.24) is 10.2 Å². The summed E-state index contributed by atoms with van der Waals surface area (Å²) in [6.07, 6.45) is 1.85. The third-order valence-electron chi connectivity index (χ3n) is 4.04. The molecule has 0 saturated carbocycles. The van der Waals surface area contributed by atoms with Gasteiger partial charge < -0.3 is 15.4 Å². The number of ether oxygens (including phenoxy) is 1. The first-order valence-corrected chi connectivity index (χ1v) is 7.47. The normalized spacial score (nSPS) is 18.4. The molecule has 0 spiro atoms. The van der Waals surface area contributed by atoms with Crippen LogP contribution in [0, 0.1) is 0 Å². The molecular formula is C15H26N4O. The summed E-state index contributed by atoms with van der Waals surface area (Å²) in [6.45, 7) is 11.4. The van der Waals surface area contributed by atoms with E-state index in [0.717, 1.165) is 43.1 Å². The first-order valence-electron chi connectivity index (χ1n) is 7.47. The van der Waals surface area contributed by atoms with Crippen LogP contribution >= 0.6 is 0 Å². The summed E-state index contributed by atoms with van der Waals surface area (Å²) < 4.78 is 5.59. The number of anilines is 1. The molecule has 1 aliphatic heterocycles. The summed E-state index contributed by atoms with van der Waals surface area (Å²) in [7, 11) is 0. The van der Waals surface area contributed by atoms with Crippen LogP contribution in [-0.4, -0.2) is 35.5 Å². The maximum Gasteiger partial charge on any atom is 0.156 e. The van der Waals surface area contributed by atoms with E-state index in [1.807, 2.05) is 0 Å². The van der Waals surface area contributed by atoms with E-state index in [9.17, 15) is 0 Å². The molecule has 1 fully saturated rings. The third-order valence-corrected chi connectivity index (χ3v) is 4.04. The topological polar surface area (TPSA) is 64.3 Å². The Hall–Kier alpha value is -1.20.